The summed E-state index contributed by atoms with van der Waals surface area (Å²) in [6.45, 7) is 5.05. The van der Waals surface area contributed by atoms with Gasteiger partial charge in [-0.2, -0.15) is 0 Å². The molecule has 4 nitrogen and oxygen atoms in total. The van der Waals surface area contributed by atoms with E-state index in [1.165, 1.54) is 0 Å². The lowest BCUT2D eigenvalue weighted by Gasteiger charge is -2.24. The summed E-state index contributed by atoms with van der Waals surface area (Å²) in [6.07, 6.45) is 0. The number of hydrogen-bond donors (Lipinski definition) is 1. The van der Waals surface area contributed by atoms with Gasteiger partial charge in [-0.25, -0.2) is 0 Å². The average Bonchev–Trinajstić information content (AvgIpc) is 2.00. The zero-order valence-corrected chi connectivity index (χ0v) is 9.91. The lowest BCUT2D eigenvalue weighted by molar-refractivity contribution is -0.870. The molecule has 14 heavy (non-hydrogen) atoms. The van der Waals surface area contributed by atoms with Crippen LogP contribution in [0.3, 0.4) is 0 Å². The van der Waals surface area contributed by atoms with Crippen LogP contribution in [0.1, 0.15) is 13.8 Å². The number of nitrogens with zero attached hydrogens (tertiary/aromatic N) is 1. The number of carbonyl (C=O) groups excluding carboxylic acids is 1. The number of ether oxygens (including phenoxy) is 1. The van der Waals surface area contributed by atoms with Crippen molar-refractivity contribution in [2.75, 3.05) is 34.3 Å². The summed E-state index contributed by atoms with van der Waals surface area (Å²) in [7, 11) is 6.16. The van der Waals surface area contributed by atoms with Gasteiger partial charge in [0, 0.05) is 0 Å². The Morgan fingerprint density at radius 1 is 1.36 bits per heavy atom. The smallest absolute Gasteiger partial charge is 0.323 e. The first-order valence-corrected chi connectivity index (χ1v) is 4.96. The standard InChI is InChI=1S/C10H23N2O2/c1-8(2)9(11)10(13)14-7-6-12(3,4)5/h8-9H,6-7,11H2,1-5H3/q+1/t9-/m0/s1. The van der Waals surface area contributed by atoms with Gasteiger partial charge < -0.3 is 15.0 Å². The van der Waals surface area contributed by atoms with Gasteiger partial charge >= 0.3 is 5.97 Å². The molecule has 4 heteroatoms. The zero-order chi connectivity index (χ0) is 11.4. The SMILES string of the molecule is CC(C)[C@H](N)C(=O)OCC[N+](C)(C)C. The molecule has 0 rings (SSSR count). The first-order valence-electron chi connectivity index (χ1n) is 4.96. The second-order valence-electron chi connectivity index (χ2n) is 4.95. The lowest BCUT2D eigenvalue weighted by atomic mass is 10.1. The summed E-state index contributed by atoms with van der Waals surface area (Å²) in [5, 5.41) is 0. The summed E-state index contributed by atoms with van der Waals surface area (Å²) >= 11 is 0. The van der Waals surface area contributed by atoms with Crippen molar-refractivity contribution in [3.8, 4) is 0 Å². The van der Waals surface area contributed by atoms with Crippen molar-refractivity contribution in [3.63, 3.8) is 0 Å². The van der Waals surface area contributed by atoms with E-state index in [0.29, 0.717) is 6.61 Å². The highest BCUT2D eigenvalue weighted by molar-refractivity contribution is 5.75. The number of hydrogen-bond acceptors (Lipinski definition) is 3. The molecule has 0 aliphatic rings. The molecule has 1 atom stereocenters. The maximum Gasteiger partial charge on any atom is 0.323 e. The highest BCUT2D eigenvalue weighted by Gasteiger charge is 2.19. The van der Waals surface area contributed by atoms with Crippen molar-refractivity contribution < 1.29 is 14.0 Å². The number of esters is 1. The van der Waals surface area contributed by atoms with Gasteiger partial charge in [0.05, 0.1) is 21.1 Å². The molecular weight excluding hydrogens is 180 g/mol. The summed E-state index contributed by atoms with van der Waals surface area (Å²) < 4.78 is 5.84. The number of rotatable bonds is 5. The van der Waals surface area contributed by atoms with Gasteiger partial charge in [-0.1, -0.05) is 13.8 Å². The van der Waals surface area contributed by atoms with Crippen molar-refractivity contribution in [1.82, 2.24) is 0 Å². The van der Waals surface area contributed by atoms with Crippen molar-refractivity contribution in [2.24, 2.45) is 11.7 Å². The largest absolute Gasteiger partial charge is 0.459 e. The van der Waals surface area contributed by atoms with E-state index >= 15 is 0 Å². The van der Waals surface area contributed by atoms with Gasteiger partial charge in [0.15, 0.2) is 0 Å². The van der Waals surface area contributed by atoms with E-state index in [0.717, 1.165) is 11.0 Å². The number of carbonyl (C=O) groups is 1. The lowest BCUT2D eigenvalue weighted by Crippen LogP contribution is -2.41. The maximum absolute atomic E-state index is 11.3. The summed E-state index contributed by atoms with van der Waals surface area (Å²) in [6, 6.07) is -0.498. The molecule has 0 aromatic rings. The minimum absolute atomic E-state index is 0.131. The normalized spacial score (nSPS) is 14.2. The van der Waals surface area contributed by atoms with E-state index in [2.05, 4.69) is 21.1 Å². The van der Waals surface area contributed by atoms with E-state index < -0.39 is 6.04 Å². The molecule has 0 aromatic carbocycles. The Bertz CT molecular complexity index is 185. The summed E-state index contributed by atoms with van der Waals surface area (Å²) in [5.74, 6) is -0.167. The fraction of sp³-hybridized carbons (Fsp3) is 0.900. The minimum Gasteiger partial charge on any atom is -0.459 e. The Hall–Kier alpha value is -0.610. The van der Waals surface area contributed by atoms with Crippen molar-refractivity contribution in [3.05, 3.63) is 0 Å². The minimum atomic E-state index is -0.498. The van der Waals surface area contributed by atoms with E-state index in [4.69, 9.17) is 10.5 Å². The first kappa shape index (κ1) is 13.4. The predicted octanol–water partition coefficient (Wildman–Crippen LogP) is 0.219. The topological polar surface area (TPSA) is 52.3 Å². The first-order chi connectivity index (χ1) is 6.24. The Morgan fingerprint density at radius 3 is 2.21 bits per heavy atom. The molecule has 0 spiro atoms. The quantitative estimate of drug-likeness (QED) is 0.513. The van der Waals surface area contributed by atoms with Crippen LogP contribution >= 0.6 is 0 Å². The van der Waals surface area contributed by atoms with Crippen molar-refractivity contribution >= 4 is 5.97 Å². The molecule has 0 saturated heterocycles. The Morgan fingerprint density at radius 2 is 1.86 bits per heavy atom. The van der Waals surface area contributed by atoms with E-state index in [1.807, 2.05) is 13.8 Å². The molecule has 0 saturated carbocycles. The molecule has 0 amide bonds. The maximum atomic E-state index is 11.3. The molecular formula is C10H23N2O2+. The van der Waals surface area contributed by atoms with Crippen LogP contribution in [-0.2, 0) is 9.53 Å². The van der Waals surface area contributed by atoms with Gasteiger partial charge in [-0.15, -0.1) is 0 Å². The average molecular weight is 203 g/mol. The molecule has 0 aliphatic heterocycles. The second kappa shape index (κ2) is 5.32. The van der Waals surface area contributed by atoms with Gasteiger partial charge in [-0.3, -0.25) is 4.79 Å². The van der Waals surface area contributed by atoms with Gasteiger partial charge in [0.1, 0.15) is 19.2 Å². The van der Waals surface area contributed by atoms with Crippen LogP contribution in [0, 0.1) is 5.92 Å². The Balaban J connectivity index is 3.75. The fourth-order valence-corrected chi connectivity index (χ4v) is 0.788. The highest BCUT2D eigenvalue weighted by Crippen LogP contribution is 2.00. The zero-order valence-electron chi connectivity index (χ0n) is 9.91. The predicted molar refractivity (Wildman–Crippen MR) is 56.7 cm³/mol. The van der Waals surface area contributed by atoms with Crippen LogP contribution in [0.25, 0.3) is 0 Å². The third kappa shape index (κ3) is 5.94. The second-order valence-corrected chi connectivity index (χ2v) is 4.95. The van der Waals surface area contributed by atoms with Crippen LogP contribution in [0.4, 0.5) is 0 Å². The van der Waals surface area contributed by atoms with Crippen LogP contribution in [-0.4, -0.2) is 50.8 Å². The van der Waals surface area contributed by atoms with Gasteiger partial charge in [0.2, 0.25) is 0 Å². The molecule has 84 valence electrons. The van der Waals surface area contributed by atoms with Gasteiger partial charge in [0.25, 0.3) is 0 Å². The highest BCUT2D eigenvalue weighted by atomic mass is 16.5. The fourth-order valence-electron chi connectivity index (χ4n) is 0.788. The number of nitrogens with two attached hydrogens (primary N) is 1. The van der Waals surface area contributed by atoms with E-state index in [9.17, 15) is 4.79 Å². The molecule has 0 radical (unpaired) electrons. The molecule has 0 aromatic heterocycles. The van der Waals surface area contributed by atoms with Crippen LogP contribution < -0.4 is 5.73 Å². The molecule has 0 heterocycles. The van der Waals surface area contributed by atoms with Crippen molar-refractivity contribution in [2.45, 2.75) is 19.9 Å². The van der Waals surface area contributed by atoms with Gasteiger partial charge in [-0.05, 0) is 5.92 Å². The molecule has 0 unspecified atom stereocenters. The van der Waals surface area contributed by atoms with E-state index in [1.54, 1.807) is 0 Å². The molecule has 2 N–H and O–H groups in total. The van der Waals surface area contributed by atoms with Crippen LogP contribution in [0.2, 0.25) is 0 Å². The number of quaternary nitrogens is 1. The van der Waals surface area contributed by atoms with Crippen molar-refractivity contribution in [1.29, 1.82) is 0 Å². The van der Waals surface area contributed by atoms with E-state index in [-0.39, 0.29) is 11.9 Å². The Kier molecular flexibility index (Phi) is 5.08. The molecule has 0 bridgehead atoms. The third-order valence-corrected chi connectivity index (χ3v) is 2.00. The summed E-state index contributed by atoms with van der Waals surface area (Å²) in [4.78, 5) is 11.3. The molecule has 0 fully saturated rings. The monoisotopic (exact) mass is 203 g/mol. The van der Waals surface area contributed by atoms with Crippen LogP contribution in [0.15, 0.2) is 0 Å². The Labute approximate surface area is 86.6 Å². The molecule has 0 aliphatic carbocycles. The summed E-state index contributed by atoms with van der Waals surface area (Å²) in [5.41, 5.74) is 5.63. The van der Waals surface area contributed by atoms with Crippen LogP contribution in [0.5, 0.6) is 0 Å². The third-order valence-electron chi connectivity index (χ3n) is 2.00. The number of likely N-dealkylation sites (N-methyl/N-ethyl adjacent to an activating group) is 1.